The van der Waals surface area contributed by atoms with E-state index < -0.39 is 23.8 Å². The number of rotatable bonds is 6. The first kappa shape index (κ1) is 15.7. The molecule has 0 saturated carbocycles. The summed E-state index contributed by atoms with van der Waals surface area (Å²) in [4.78, 5) is 36.8. The first-order valence-corrected chi connectivity index (χ1v) is 7.16. The molecule has 1 N–H and O–H groups in total. The molecule has 0 fully saturated rings. The first-order valence-electron chi connectivity index (χ1n) is 6.36. The Bertz CT molecular complexity index is 601. The van der Waals surface area contributed by atoms with E-state index in [9.17, 15) is 19.5 Å². The molecule has 7 heteroatoms. The molecule has 0 radical (unpaired) electrons. The molecular weight excluding hydrogens is 342 g/mol. The van der Waals surface area contributed by atoms with Gasteiger partial charge in [-0.25, -0.2) is 4.79 Å². The third-order valence-corrected chi connectivity index (χ3v) is 3.80. The fraction of sp³-hybridized carbons (Fsp3) is 0.357. The Hall–Kier alpha value is -1.73. The summed E-state index contributed by atoms with van der Waals surface area (Å²) < 4.78 is 5.54. The van der Waals surface area contributed by atoms with E-state index in [1.165, 1.54) is 19.2 Å². The predicted octanol–water partition coefficient (Wildman–Crippen LogP) is 1.92. The molecule has 2 amide bonds. The van der Waals surface area contributed by atoms with Crippen LogP contribution >= 0.6 is 15.9 Å². The fourth-order valence-corrected chi connectivity index (χ4v) is 2.66. The fourth-order valence-electron chi connectivity index (χ4n) is 2.30. The van der Waals surface area contributed by atoms with Crippen LogP contribution in [0.25, 0.3) is 0 Å². The molecule has 1 aromatic rings. The Labute approximate surface area is 129 Å². The lowest BCUT2D eigenvalue weighted by atomic mass is 10.1. The number of aliphatic carboxylic acids is 1. The number of amides is 2. The van der Waals surface area contributed by atoms with Crippen molar-refractivity contribution < 1.29 is 24.2 Å². The molecule has 1 aromatic carbocycles. The van der Waals surface area contributed by atoms with Crippen LogP contribution < -0.4 is 0 Å². The van der Waals surface area contributed by atoms with Gasteiger partial charge in [0.25, 0.3) is 11.8 Å². The van der Waals surface area contributed by atoms with E-state index in [0.717, 1.165) is 4.90 Å². The zero-order chi connectivity index (χ0) is 15.6. The maximum atomic E-state index is 12.3. The van der Waals surface area contributed by atoms with Crippen molar-refractivity contribution in [2.45, 2.75) is 18.9 Å². The normalized spacial score (nSPS) is 15.2. The van der Waals surface area contributed by atoms with Crippen LogP contribution in [-0.4, -0.2) is 47.5 Å². The molecule has 1 aliphatic rings. The van der Waals surface area contributed by atoms with Crippen LogP contribution in [0.1, 0.15) is 33.6 Å². The number of hydrogen-bond donors (Lipinski definition) is 1. The number of hydrogen-bond acceptors (Lipinski definition) is 4. The molecule has 1 unspecified atom stereocenters. The van der Waals surface area contributed by atoms with E-state index in [1.54, 1.807) is 6.07 Å². The van der Waals surface area contributed by atoms with Crippen molar-refractivity contribution in [1.29, 1.82) is 0 Å². The SMILES string of the molecule is COCCCC(C(=O)O)N1C(=O)c2ccc(Br)cc2C1=O. The van der Waals surface area contributed by atoms with Crippen molar-refractivity contribution in [2.75, 3.05) is 13.7 Å². The van der Waals surface area contributed by atoms with E-state index in [-0.39, 0.29) is 17.5 Å². The summed E-state index contributed by atoms with van der Waals surface area (Å²) in [5, 5.41) is 9.31. The van der Waals surface area contributed by atoms with Gasteiger partial charge in [0.05, 0.1) is 11.1 Å². The maximum absolute atomic E-state index is 12.3. The minimum Gasteiger partial charge on any atom is -0.480 e. The summed E-state index contributed by atoms with van der Waals surface area (Å²) >= 11 is 3.23. The van der Waals surface area contributed by atoms with Gasteiger partial charge in [-0.3, -0.25) is 14.5 Å². The van der Waals surface area contributed by atoms with Gasteiger partial charge in [-0.2, -0.15) is 0 Å². The molecule has 1 aliphatic heterocycles. The van der Waals surface area contributed by atoms with Gasteiger partial charge in [-0.05, 0) is 31.0 Å². The van der Waals surface area contributed by atoms with Gasteiger partial charge in [0.15, 0.2) is 0 Å². The average Bonchev–Trinajstić information content (AvgIpc) is 2.67. The molecule has 2 rings (SSSR count). The highest BCUT2D eigenvalue weighted by Crippen LogP contribution is 2.28. The van der Waals surface area contributed by atoms with E-state index in [2.05, 4.69) is 15.9 Å². The number of nitrogens with zero attached hydrogens (tertiary/aromatic N) is 1. The summed E-state index contributed by atoms with van der Waals surface area (Å²) in [5.41, 5.74) is 0.466. The Balaban J connectivity index is 2.29. The molecule has 112 valence electrons. The van der Waals surface area contributed by atoms with Crippen molar-refractivity contribution in [1.82, 2.24) is 4.90 Å². The lowest BCUT2D eigenvalue weighted by molar-refractivity contribution is -0.141. The minimum absolute atomic E-state index is 0.163. The van der Waals surface area contributed by atoms with Gasteiger partial charge in [0.1, 0.15) is 6.04 Å². The molecule has 1 heterocycles. The summed E-state index contributed by atoms with van der Waals surface area (Å²) in [5.74, 6) is -2.33. The molecule has 0 bridgehead atoms. The standard InChI is InChI=1S/C14H14BrNO5/c1-21-6-2-3-11(14(19)20)16-12(17)9-5-4-8(15)7-10(9)13(16)18/h4-5,7,11H,2-3,6H2,1H3,(H,19,20). The number of carboxylic acids is 1. The van der Waals surface area contributed by atoms with Crippen LogP contribution in [-0.2, 0) is 9.53 Å². The number of carbonyl (C=O) groups is 3. The van der Waals surface area contributed by atoms with Gasteiger partial charge in [0.2, 0.25) is 0 Å². The molecule has 21 heavy (non-hydrogen) atoms. The van der Waals surface area contributed by atoms with Crippen molar-refractivity contribution in [2.24, 2.45) is 0 Å². The van der Waals surface area contributed by atoms with Crippen LogP contribution in [0.2, 0.25) is 0 Å². The number of methoxy groups -OCH3 is 1. The molecular formula is C14H14BrNO5. The Morgan fingerprint density at radius 3 is 2.62 bits per heavy atom. The van der Waals surface area contributed by atoms with Gasteiger partial charge < -0.3 is 9.84 Å². The largest absolute Gasteiger partial charge is 0.480 e. The van der Waals surface area contributed by atoms with E-state index in [0.29, 0.717) is 17.5 Å². The first-order chi connectivity index (χ1) is 9.97. The number of halogens is 1. The minimum atomic E-state index is -1.19. The highest BCUT2D eigenvalue weighted by molar-refractivity contribution is 9.10. The van der Waals surface area contributed by atoms with Crippen LogP contribution in [0.15, 0.2) is 22.7 Å². The number of imide groups is 1. The zero-order valence-corrected chi connectivity index (χ0v) is 12.9. The van der Waals surface area contributed by atoms with Crippen LogP contribution in [0.5, 0.6) is 0 Å². The Morgan fingerprint density at radius 2 is 2.00 bits per heavy atom. The summed E-state index contributed by atoms with van der Waals surface area (Å²) in [6.45, 7) is 0.374. The van der Waals surface area contributed by atoms with Gasteiger partial charge in [-0.15, -0.1) is 0 Å². The highest BCUT2D eigenvalue weighted by Gasteiger charge is 2.42. The maximum Gasteiger partial charge on any atom is 0.326 e. The van der Waals surface area contributed by atoms with Crippen molar-refractivity contribution in [3.63, 3.8) is 0 Å². The molecule has 1 atom stereocenters. The van der Waals surface area contributed by atoms with E-state index in [4.69, 9.17) is 4.74 Å². The number of ether oxygens (including phenoxy) is 1. The number of carboxylic acid groups (broad SMARTS) is 1. The van der Waals surface area contributed by atoms with Gasteiger partial charge in [-0.1, -0.05) is 15.9 Å². The molecule has 0 aliphatic carbocycles. The quantitative estimate of drug-likeness (QED) is 0.622. The molecule has 0 spiro atoms. The van der Waals surface area contributed by atoms with Crippen LogP contribution in [0.4, 0.5) is 0 Å². The molecule has 0 aromatic heterocycles. The second-order valence-electron chi connectivity index (χ2n) is 4.66. The predicted molar refractivity (Wildman–Crippen MR) is 77.2 cm³/mol. The lowest BCUT2D eigenvalue weighted by Crippen LogP contribution is -2.44. The Morgan fingerprint density at radius 1 is 1.33 bits per heavy atom. The van der Waals surface area contributed by atoms with Gasteiger partial charge >= 0.3 is 5.97 Å². The third kappa shape index (κ3) is 2.98. The van der Waals surface area contributed by atoms with E-state index >= 15 is 0 Å². The van der Waals surface area contributed by atoms with E-state index in [1.807, 2.05) is 0 Å². The molecule has 0 saturated heterocycles. The average molecular weight is 356 g/mol. The summed E-state index contributed by atoms with van der Waals surface area (Å²) in [6.07, 6.45) is 0.611. The number of fused-ring (bicyclic) bond motifs is 1. The molecule has 6 nitrogen and oxygen atoms in total. The number of benzene rings is 1. The second-order valence-corrected chi connectivity index (χ2v) is 5.57. The van der Waals surface area contributed by atoms with Gasteiger partial charge in [0, 0.05) is 18.2 Å². The smallest absolute Gasteiger partial charge is 0.326 e. The Kier molecular flexibility index (Phi) is 4.74. The van der Waals surface area contributed by atoms with Crippen molar-refractivity contribution in [3.05, 3.63) is 33.8 Å². The lowest BCUT2D eigenvalue weighted by Gasteiger charge is -2.22. The van der Waals surface area contributed by atoms with Crippen LogP contribution in [0.3, 0.4) is 0 Å². The summed E-state index contributed by atoms with van der Waals surface area (Å²) in [6, 6.07) is 3.53. The zero-order valence-electron chi connectivity index (χ0n) is 11.3. The third-order valence-electron chi connectivity index (χ3n) is 3.30. The van der Waals surface area contributed by atoms with Crippen molar-refractivity contribution >= 4 is 33.7 Å². The topological polar surface area (TPSA) is 83.9 Å². The highest BCUT2D eigenvalue weighted by atomic mass is 79.9. The monoisotopic (exact) mass is 355 g/mol. The summed E-state index contributed by atoms with van der Waals surface area (Å²) in [7, 11) is 1.51. The second kappa shape index (κ2) is 6.36. The van der Waals surface area contributed by atoms with Crippen LogP contribution in [0, 0.1) is 0 Å². The number of carbonyl (C=O) groups excluding carboxylic acids is 2. The van der Waals surface area contributed by atoms with Crippen molar-refractivity contribution in [3.8, 4) is 0 Å².